The smallest absolute Gasteiger partial charge is 0.137 e. The van der Waals surface area contributed by atoms with Crippen molar-refractivity contribution in [2.45, 2.75) is 6.92 Å². The van der Waals surface area contributed by atoms with Crippen LogP contribution < -0.4 is 10.5 Å². The number of aromatic nitrogens is 2. The molecular formula is C24H19N3O. The maximum Gasteiger partial charge on any atom is 0.137 e. The van der Waals surface area contributed by atoms with Crippen molar-refractivity contribution in [3.8, 4) is 17.3 Å². The molecule has 0 amide bonds. The molecule has 0 atom stereocenters. The molecule has 5 rings (SSSR count). The predicted molar refractivity (Wildman–Crippen MR) is 114 cm³/mol. The van der Waals surface area contributed by atoms with Gasteiger partial charge in [-0.15, -0.1) is 0 Å². The van der Waals surface area contributed by atoms with Crippen LogP contribution in [-0.2, 0) is 0 Å². The lowest BCUT2D eigenvalue weighted by molar-refractivity contribution is 0.483. The number of rotatable bonds is 3. The number of nitrogens with zero attached hydrogens (tertiary/aromatic N) is 2. The Labute approximate surface area is 162 Å². The van der Waals surface area contributed by atoms with Crippen LogP contribution >= 0.6 is 0 Å². The number of hydrogen-bond acceptors (Lipinski definition) is 3. The van der Waals surface area contributed by atoms with Gasteiger partial charge in [-0.3, -0.25) is 4.57 Å². The molecule has 0 unspecified atom stereocenters. The zero-order chi connectivity index (χ0) is 19.1. The molecule has 0 spiro atoms. The van der Waals surface area contributed by atoms with Crippen molar-refractivity contribution in [2.75, 3.05) is 5.73 Å². The van der Waals surface area contributed by atoms with E-state index in [0.29, 0.717) is 5.69 Å². The van der Waals surface area contributed by atoms with Crippen molar-refractivity contribution in [3.05, 3.63) is 90.6 Å². The highest BCUT2D eigenvalue weighted by Gasteiger charge is 2.13. The molecule has 28 heavy (non-hydrogen) atoms. The van der Waals surface area contributed by atoms with Crippen molar-refractivity contribution in [1.29, 1.82) is 0 Å². The molecule has 2 heterocycles. The number of para-hydroxylation sites is 1. The van der Waals surface area contributed by atoms with Gasteiger partial charge in [-0.1, -0.05) is 24.3 Å². The van der Waals surface area contributed by atoms with E-state index in [4.69, 9.17) is 10.5 Å². The maximum atomic E-state index is 6.12. The van der Waals surface area contributed by atoms with Gasteiger partial charge in [0, 0.05) is 34.8 Å². The molecule has 0 saturated carbocycles. The molecule has 5 aromatic rings. The Bertz CT molecular complexity index is 1290. The second kappa shape index (κ2) is 6.43. The summed E-state index contributed by atoms with van der Waals surface area (Å²) in [7, 11) is 0. The van der Waals surface area contributed by atoms with E-state index in [1.54, 1.807) is 0 Å². The fourth-order valence-electron chi connectivity index (χ4n) is 3.72. The first-order chi connectivity index (χ1) is 13.7. The summed E-state index contributed by atoms with van der Waals surface area (Å²) in [5.41, 5.74) is 9.90. The number of hydrogen-bond donors (Lipinski definition) is 1. The van der Waals surface area contributed by atoms with Gasteiger partial charge in [0.05, 0.1) is 11.0 Å². The van der Waals surface area contributed by atoms with E-state index >= 15 is 0 Å². The number of benzene rings is 3. The van der Waals surface area contributed by atoms with E-state index in [2.05, 4.69) is 39.9 Å². The molecule has 4 nitrogen and oxygen atoms in total. The monoisotopic (exact) mass is 365 g/mol. The number of nitrogen functional groups attached to an aromatic ring is 1. The van der Waals surface area contributed by atoms with Crippen LogP contribution in [0, 0.1) is 6.92 Å². The van der Waals surface area contributed by atoms with Crippen molar-refractivity contribution < 1.29 is 4.74 Å². The molecule has 136 valence electrons. The second-order valence-corrected chi connectivity index (χ2v) is 6.90. The van der Waals surface area contributed by atoms with Crippen LogP contribution in [0.3, 0.4) is 0 Å². The van der Waals surface area contributed by atoms with E-state index < -0.39 is 0 Å². The quantitative estimate of drug-likeness (QED) is 0.407. The largest absolute Gasteiger partial charge is 0.457 e. The van der Waals surface area contributed by atoms with Crippen molar-refractivity contribution in [2.24, 2.45) is 0 Å². The minimum atomic E-state index is 0.693. The fourth-order valence-corrected chi connectivity index (χ4v) is 3.72. The Kier molecular flexibility index (Phi) is 3.76. The third-order valence-electron chi connectivity index (χ3n) is 4.83. The van der Waals surface area contributed by atoms with Gasteiger partial charge in [0.2, 0.25) is 0 Å². The number of pyridine rings is 1. The minimum absolute atomic E-state index is 0.693. The van der Waals surface area contributed by atoms with Crippen LogP contribution in [0.1, 0.15) is 5.56 Å². The zero-order valence-corrected chi connectivity index (χ0v) is 15.5. The number of aryl methyl sites for hydroxylation is 1. The Morgan fingerprint density at radius 2 is 1.61 bits per heavy atom. The molecule has 0 aliphatic carbocycles. The Morgan fingerprint density at radius 3 is 2.43 bits per heavy atom. The van der Waals surface area contributed by atoms with E-state index in [9.17, 15) is 0 Å². The standard InChI is InChI=1S/C24H19N3O/c1-16-12-17(25)14-19(13-16)28-18-9-10-21-20-6-2-3-7-22(20)27(23(21)15-18)24-8-4-5-11-26-24/h2-15H,25H2,1H3. The van der Waals surface area contributed by atoms with Crippen LogP contribution in [0.4, 0.5) is 5.69 Å². The summed E-state index contributed by atoms with van der Waals surface area (Å²) < 4.78 is 8.29. The van der Waals surface area contributed by atoms with E-state index in [0.717, 1.165) is 39.3 Å². The lowest BCUT2D eigenvalue weighted by Gasteiger charge is -2.10. The summed E-state index contributed by atoms with van der Waals surface area (Å²) in [4.78, 5) is 4.56. The molecule has 3 aromatic carbocycles. The number of nitrogens with two attached hydrogens (primary N) is 1. The van der Waals surface area contributed by atoms with Crippen LogP contribution in [-0.4, -0.2) is 9.55 Å². The summed E-state index contributed by atoms with van der Waals surface area (Å²) in [5.74, 6) is 2.38. The maximum absolute atomic E-state index is 6.12. The SMILES string of the molecule is Cc1cc(N)cc(Oc2ccc3c4ccccc4n(-c4ccccn4)c3c2)c1. The molecule has 0 radical (unpaired) electrons. The summed E-state index contributed by atoms with van der Waals surface area (Å²) in [6, 6.07) is 26.2. The number of anilines is 1. The van der Waals surface area contributed by atoms with E-state index in [1.165, 1.54) is 5.39 Å². The predicted octanol–water partition coefficient (Wildman–Crippen LogP) is 5.86. The van der Waals surface area contributed by atoms with Gasteiger partial charge in [0.1, 0.15) is 17.3 Å². The first-order valence-corrected chi connectivity index (χ1v) is 9.19. The van der Waals surface area contributed by atoms with Crippen molar-refractivity contribution in [3.63, 3.8) is 0 Å². The van der Waals surface area contributed by atoms with Gasteiger partial charge < -0.3 is 10.5 Å². The Balaban J connectivity index is 1.71. The zero-order valence-electron chi connectivity index (χ0n) is 15.5. The minimum Gasteiger partial charge on any atom is -0.457 e. The summed E-state index contributed by atoms with van der Waals surface area (Å²) in [5, 5.41) is 2.35. The lowest BCUT2D eigenvalue weighted by Crippen LogP contribution is -1.96. The average molecular weight is 365 g/mol. The number of ether oxygens (including phenoxy) is 1. The van der Waals surface area contributed by atoms with Gasteiger partial charge in [-0.2, -0.15) is 0 Å². The first-order valence-electron chi connectivity index (χ1n) is 9.19. The van der Waals surface area contributed by atoms with E-state index in [-0.39, 0.29) is 0 Å². The topological polar surface area (TPSA) is 53.1 Å². The third-order valence-corrected chi connectivity index (χ3v) is 4.83. The Morgan fingerprint density at radius 1 is 0.786 bits per heavy atom. The van der Waals surface area contributed by atoms with Crippen LogP contribution in [0.25, 0.3) is 27.6 Å². The molecule has 4 heteroatoms. The summed E-state index contributed by atoms with van der Waals surface area (Å²) in [6.07, 6.45) is 1.81. The highest BCUT2D eigenvalue weighted by molar-refractivity contribution is 6.09. The van der Waals surface area contributed by atoms with Gasteiger partial charge in [-0.25, -0.2) is 4.98 Å². The van der Waals surface area contributed by atoms with Crippen LogP contribution in [0.15, 0.2) is 85.1 Å². The van der Waals surface area contributed by atoms with Gasteiger partial charge in [0.25, 0.3) is 0 Å². The molecule has 0 aliphatic rings. The lowest BCUT2D eigenvalue weighted by atomic mass is 10.1. The molecule has 2 N–H and O–H groups in total. The fraction of sp³-hybridized carbons (Fsp3) is 0.0417. The van der Waals surface area contributed by atoms with Crippen LogP contribution in [0.5, 0.6) is 11.5 Å². The third kappa shape index (κ3) is 2.76. The molecule has 0 bridgehead atoms. The normalized spacial score (nSPS) is 11.2. The summed E-state index contributed by atoms with van der Waals surface area (Å²) >= 11 is 0. The van der Waals surface area contributed by atoms with Crippen LogP contribution in [0.2, 0.25) is 0 Å². The molecule has 0 aliphatic heterocycles. The molecular weight excluding hydrogens is 346 g/mol. The first kappa shape index (κ1) is 16.4. The highest BCUT2D eigenvalue weighted by atomic mass is 16.5. The molecule has 2 aromatic heterocycles. The average Bonchev–Trinajstić information content (AvgIpc) is 3.01. The second-order valence-electron chi connectivity index (χ2n) is 6.90. The molecule has 0 saturated heterocycles. The summed E-state index contributed by atoms with van der Waals surface area (Å²) in [6.45, 7) is 2.01. The Hall–Kier alpha value is -3.79. The van der Waals surface area contributed by atoms with Crippen molar-refractivity contribution >= 4 is 27.5 Å². The molecule has 0 fully saturated rings. The highest BCUT2D eigenvalue weighted by Crippen LogP contribution is 2.35. The number of fused-ring (bicyclic) bond motifs is 3. The van der Waals surface area contributed by atoms with Gasteiger partial charge in [0.15, 0.2) is 0 Å². The van der Waals surface area contributed by atoms with Gasteiger partial charge >= 0.3 is 0 Å². The van der Waals surface area contributed by atoms with Crippen molar-refractivity contribution in [1.82, 2.24) is 9.55 Å². The van der Waals surface area contributed by atoms with E-state index in [1.807, 2.05) is 61.7 Å². The van der Waals surface area contributed by atoms with Gasteiger partial charge in [-0.05, 0) is 55.0 Å².